The first-order valence-corrected chi connectivity index (χ1v) is 11.7. The number of rotatable bonds is 4. The van der Waals surface area contributed by atoms with Crippen molar-refractivity contribution in [1.82, 2.24) is 9.80 Å². The highest BCUT2D eigenvalue weighted by atomic mass is 127. The molecule has 0 saturated carbocycles. The monoisotopic (exact) mass is 584 g/mol. The molecule has 1 fully saturated rings. The van der Waals surface area contributed by atoms with Crippen LogP contribution in [0, 0.1) is 8.99 Å². The van der Waals surface area contributed by atoms with Gasteiger partial charge in [-0.2, -0.15) is 0 Å². The molecule has 2 aromatic carbocycles. The zero-order valence-electron chi connectivity index (χ0n) is 17.6. The first-order chi connectivity index (χ1) is 14.1. The van der Waals surface area contributed by atoms with Crippen LogP contribution in [0.1, 0.15) is 31.9 Å². The number of amides is 2. The number of hydrogen-bond acceptors (Lipinski definition) is 3. The SMILES string of the molecule is CN1C(=O)[C@H](Cc2ccc(Br)cc2I)N(C(=O)OCc2ccccc2)C1C(C)(C)C. The smallest absolute Gasteiger partial charge is 0.412 e. The van der Waals surface area contributed by atoms with Gasteiger partial charge in [-0.1, -0.05) is 73.1 Å². The number of likely N-dealkylation sites (N-methyl/N-ethyl adjacent to an activating group) is 1. The van der Waals surface area contributed by atoms with Gasteiger partial charge in [-0.25, -0.2) is 4.79 Å². The Morgan fingerprint density at radius 1 is 1.17 bits per heavy atom. The standard InChI is InChI=1S/C23H26BrIN2O3/c1-23(2,3)21-26(4)20(28)19(12-16-10-11-17(24)13-18(16)25)27(21)22(29)30-14-15-8-6-5-7-9-15/h5-11,13,19,21H,12,14H2,1-4H3/t19-,21?/m0/s1. The van der Waals surface area contributed by atoms with Crippen molar-refractivity contribution in [1.29, 1.82) is 0 Å². The Labute approximate surface area is 200 Å². The molecule has 1 aliphatic rings. The molecule has 1 aliphatic heterocycles. The van der Waals surface area contributed by atoms with E-state index in [2.05, 4.69) is 38.5 Å². The molecule has 1 heterocycles. The van der Waals surface area contributed by atoms with E-state index in [0.29, 0.717) is 6.42 Å². The third-order valence-electron chi connectivity index (χ3n) is 5.22. The molecule has 1 saturated heterocycles. The molecule has 160 valence electrons. The highest BCUT2D eigenvalue weighted by Crippen LogP contribution is 2.36. The second kappa shape index (κ2) is 9.26. The summed E-state index contributed by atoms with van der Waals surface area (Å²) in [6.45, 7) is 6.27. The minimum absolute atomic E-state index is 0.0645. The van der Waals surface area contributed by atoms with E-state index >= 15 is 0 Å². The molecule has 0 radical (unpaired) electrons. The largest absolute Gasteiger partial charge is 0.444 e. The third kappa shape index (κ3) is 4.99. The fourth-order valence-corrected chi connectivity index (χ4v) is 5.46. The Balaban J connectivity index is 1.89. The Morgan fingerprint density at radius 2 is 1.83 bits per heavy atom. The van der Waals surface area contributed by atoms with Gasteiger partial charge in [0.05, 0.1) is 0 Å². The van der Waals surface area contributed by atoms with E-state index in [9.17, 15) is 9.59 Å². The lowest BCUT2D eigenvalue weighted by Gasteiger charge is -2.38. The van der Waals surface area contributed by atoms with Crippen LogP contribution in [-0.4, -0.2) is 41.1 Å². The highest BCUT2D eigenvalue weighted by molar-refractivity contribution is 14.1. The molecule has 0 N–H and O–H groups in total. The highest BCUT2D eigenvalue weighted by Gasteiger charge is 2.52. The molecule has 1 unspecified atom stereocenters. The van der Waals surface area contributed by atoms with Gasteiger partial charge in [0.25, 0.3) is 0 Å². The van der Waals surface area contributed by atoms with Gasteiger partial charge in [0, 0.05) is 26.9 Å². The van der Waals surface area contributed by atoms with Crippen molar-refractivity contribution in [2.75, 3.05) is 7.05 Å². The second-order valence-corrected chi connectivity index (χ2v) is 10.7. The topological polar surface area (TPSA) is 49.9 Å². The van der Waals surface area contributed by atoms with Gasteiger partial charge in [0.1, 0.15) is 18.8 Å². The molecule has 0 aliphatic carbocycles. The van der Waals surface area contributed by atoms with Gasteiger partial charge in [-0.3, -0.25) is 9.69 Å². The van der Waals surface area contributed by atoms with Crippen LogP contribution >= 0.6 is 38.5 Å². The maximum Gasteiger partial charge on any atom is 0.412 e. The van der Waals surface area contributed by atoms with E-state index in [1.54, 1.807) is 16.8 Å². The summed E-state index contributed by atoms with van der Waals surface area (Å²) >= 11 is 5.74. The van der Waals surface area contributed by atoms with Crippen LogP contribution in [0.4, 0.5) is 4.79 Å². The van der Waals surface area contributed by atoms with Gasteiger partial charge in [0.15, 0.2) is 0 Å². The van der Waals surface area contributed by atoms with Gasteiger partial charge >= 0.3 is 6.09 Å². The zero-order valence-corrected chi connectivity index (χ0v) is 21.3. The van der Waals surface area contributed by atoms with Crippen LogP contribution in [0.15, 0.2) is 53.0 Å². The van der Waals surface area contributed by atoms with Crippen LogP contribution in [0.25, 0.3) is 0 Å². The van der Waals surface area contributed by atoms with Crippen LogP contribution in [0.3, 0.4) is 0 Å². The zero-order chi connectivity index (χ0) is 22.1. The van der Waals surface area contributed by atoms with Crippen LogP contribution in [-0.2, 0) is 22.6 Å². The fourth-order valence-electron chi connectivity index (χ4n) is 3.93. The molecule has 0 aromatic heterocycles. The van der Waals surface area contributed by atoms with Crippen molar-refractivity contribution >= 4 is 50.5 Å². The Morgan fingerprint density at radius 3 is 2.43 bits per heavy atom. The number of benzene rings is 2. The molecule has 2 aromatic rings. The van der Waals surface area contributed by atoms with Crippen molar-refractivity contribution in [2.24, 2.45) is 5.41 Å². The number of carbonyl (C=O) groups is 2. The van der Waals surface area contributed by atoms with E-state index in [0.717, 1.165) is 19.2 Å². The summed E-state index contributed by atoms with van der Waals surface area (Å²) in [5.74, 6) is -0.0645. The summed E-state index contributed by atoms with van der Waals surface area (Å²) in [5.41, 5.74) is 1.62. The third-order valence-corrected chi connectivity index (χ3v) is 6.72. The second-order valence-electron chi connectivity index (χ2n) is 8.59. The normalized spacial score (nSPS) is 19.3. The van der Waals surface area contributed by atoms with Gasteiger partial charge in [0.2, 0.25) is 5.91 Å². The average Bonchev–Trinajstić information content (AvgIpc) is 2.94. The van der Waals surface area contributed by atoms with Crippen molar-refractivity contribution in [3.8, 4) is 0 Å². The van der Waals surface area contributed by atoms with Crippen molar-refractivity contribution in [3.05, 3.63) is 67.7 Å². The van der Waals surface area contributed by atoms with Gasteiger partial charge in [-0.15, -0.1) is 0 Å². The van der Waals surface area contributed by atoms with Crippen LogP contribution in [0.2, 0.25) is 0 Å². The maximum atomic E-state index is 13.2. The summed E-state index contributed by atoms with van der Waals surface area (Å²) < 4.78 is 7.68. The van der Waals surface area contributed by atoms with Crippen molar-refractivity contribution < 1.29 is 14.3 Å². The number of carbonyl (C=O) groups excluding carboxylic acids is 2. The first-order valence-electron chi connectivity index (χ1n) is 9.79. The minimum atomic E-state index is -0.600. The fraction of sp³-hybridized carbons (Fsp3) is 0.391. The predicted octanol–water partition coefficient (Wildman–Crippen LogP) is 5.45. The average molecular weight is 585 g/mol. The molecule has 2 atom stereocenters. The van der Waals surface area contributed by atoms with Crippen molar-refractivity contribution in [3.63, 3.8) is 0 Å². The molecule has 3 rings (SSSR count). The lowest BCUT2D eigenvalue weighted by Crippen LogP contribution is -2.51. The molecular weight excluding hydrogens is 559 g/mol. The first kappa shape index (κ1) is 23.1. The van der Waals surface area contributed by atoms with Crippen LogP contribution in [0.5, 0.6) is 0 Å². The summed E-state index contributed by atoms with van der Waals surface area (Å²) in [4.78, 5) is 29.7. The molecule has 5 nitrogen and oxygen atoms in total. The van der Waals surface area contributed by atoms with Crippen molar-refractivity contribution in [2.45, 2.75) is 46.0 Å². The van der Waals surface area contributed by atoms with E-state index in [1.165, 1.54) is 0 Å². The molecule has 2 amide bonds. The Bertz CT molecular complexity index is 930. The predicted molar refractivity (Wildman–Crippen MR) is 129 cm³/mol. The van der Waals surface area contributed by atoms with E-state index < -0.39 is 12.1 Å². The lowest BCUT2D eigenvalue weighted by molar-refractivity contribution is -0.129. The summed E-state index contributed by atoms with van der Waals surface area (Å²) in [6, 6.07) is 14.9. The molecule has 0 spiro atoms. The van der Waals surface area contributed by atoms with Gasteiger partial charge in [-0.05, 0) is 45.9 Å². The number of hydrogen-bond donors (Lipinski definition) is 0. The molecule has 30 heavy (non-hydrogen) atoms. The summed E-state index contributed by atoms with van der Waals surface area (Å²) in [7, 11) is 1.77. The van der Waals surface area contributed by atoms with Gasteiger partial charge < -0.3 is 9.64 Å². The van der Waals surface area contributed by atoms with E-state index in [-0.39, 0.29) is 24.1 Å². The summed E-state index contributed by atoms with van der Waals surface area (Å²) in [6.07, 6.45) is -0.401. The Kier molecular flexibility index (Phi) is 7.12. The van der Waals surface area contributed by atoms with Crippen LogP contribution < -0.4 is 0 Å². The molecule has 0 bridgehead atoms. The molecule has 7 heteroatoms. The number of ether oxygens (including phenoxy) is 1. The number of nitrogens with zero attached hydrogens (tertiary/aromatic N) is 2. The quantitative estimate of drug-likeness (QED) is 0.449. The van der Waals surface area contributed by atoms with E-state index in [1.807, 2.05) is 69.3 Å². The van der Waals surface area contributed by atoms with E-state index in [4.69, 9.17) is 4.74 Å². The maximum absolute atomic E-state index is 13.2. The number of halogens is 2. The Hall–Kier alpha value is -1.61. The lowest BCUT2D eigenvalue weighted by atomic mass is 9.91. The molecular formula is C23H26BrIN2O3. The minimum Gasteiger partial charge on any atom is -0.444 e. The summed E-state index contributed by atoms with van der Waals surface area (Å²) in [5, 5.41) is 0.